The predicted octanol–water partition coefficient (Wildman–Crippen LogP) is 1.08. The summed E-state index contributed by atoms with van der Waals surface area (Å²) in [6.45, 7) is 5.22. The second kappa shape index (κ2) is 5.45. The average Bonchev–Trinajstić information content (AvgIpc) is 1.82. The molecule has 0 aromatic rings. The van der Waals surface area contributed by atoms with Gasteiger partial charge in [0.2, 0.25) is 0 Å². The van der Waals surface area contributed by atoms with Crippen LogP contribution in [0.25, 0.3) is 0 Å². The first-order valence-electron chi connectivity index (χ1n) is 3.63. The van der Waals surface area contributed by atoms with Crippen molar-refractivity contribution in [3.63, 3.8) is 0 Å². The molecular weight excluding hydrogens is 128 g/mol. The Labute approximate surface area is 62.2 Å². The fourth-order valence-corrected chi connectivity index (χ4v) is 0.822. The fraction of sp³-hybridized carbons (Fsp3) is 0.750. The lowest BCUT2D eigenvalue weighted by molar-refractivity contribution is 0.0859. The number of hydrogen-bond acceptors (Lipinski definition) is 2. The molecule has 2 N–H and O–H groups in total. The molecule has 0 radical (unpaired) electrons. The fourth-order valence-electron chi connectivity index (χ4n) is 0.822. The minimum atomic E-state index is -0.403. The zero-order chi connectivity index (χ0) is 7.98. The smallest absolute Gasteiger partial charge is 0.0567 e. The highest BCUT2D eigenvalue weighted by molar-refractivity contribution is 4.70. The van der Waals surface area contributed by atoms with Crippen LogP contribution >= 0.6 is 0 Å². The number of aliphatic hydroxyl groups is 2. The molecule has 60 valence electrons. The molecule has 0 aliphatic heterocycles. The van der Waals surface area contributed by atoms with E-state index >= 15 is 0 Å². The van der Waals surface area contributed by atoms with E-state index in [9.17, 15) is 0 Å². The van der Waals surface area contributed by atoms with Crippen LogP contribution in [-0.2, 0) is 0 Å². The predicted molar refractivity (Wildman–Crippen MR) is 41.7 cm³/mol. The molecular formula is C8H16O2. The van der Waals surface area contributed by atoms with E-state index in [1.807, 2.05) is 0 Å². The molecule has 0 aliphatic carbocycles. The maximum absolute atomic E-state index is 9.14. The Balaban J connectivity index is 3.24. The second-order valence-electron chi connectivity index (χ2n) is 2.60. The monoisotopic (exact) mass is 144 g/mol. The third-order valence-corrected chi connectivity index (χ3v) is 1.32. The van der Waals surface area contributed by atoms with Crippen molar-refractivity contribution in [2.24, 2.45) is 0 Å². The lowest BCUT2D eigenvalue weighted by Crippen LogP contribution is -2.14. The van der Waals surface area contributed by atoms with Crippen LogP contribution < -0.4 is 0 Å². The van der Waals surface area contributed by atoms with E-state index in [-0.39, 0.29) is 6.10 Å². The Hall–Kier alpha value is -0.340. The summed E-state index contributed by atoms with van der Waals surface area (Å²) in [6.07, 6.45) is 2.97. The van der Waals surface area contributed by atoms with Crippen molar-refractivity contribution in [3.8, 4) is 0 Å². The largest absolute Gasteiger partial charge is 0.393 e. The molecule has 0 saturated heterocycles. The summed E-state index contributed by atoms with van der Waals surface area (Å²) < 4.78 is 0. The molecule has 0 amide bonds. The Bertz CT molecular complexity index is 89.3. The standard InChI is InChI=1S/C8H16O2/c1-3-4-5-8(10)6-7(2)9/h3,7-10H,1,4-6H2,2H3/t7-,8-/m1/s1. The van der Waals surface area contributed by atoms with Crippen LogP contribution in [0.3, 0.4) is 0 Å². The third-order valence-electron chi connectivity index (χ3n) is 1.32. The molecule has 2 heteroatoms. The van der Waals surface area contributed by atoms with Gasteiger partial charge in [-0.25, -0.2) is 0 Å². The molecule has 0 aromatic carbocycles. The van der Waals surface area contributed by atoms with Gasteiger partial charge in [0.1, 0.15) is 0 Å². The minimum Gasteiger partial charge on any atom is -0.393 e. The van der Waals surface area contributed by atoms with Crippen molar-refractivity contribution in [1.29, 1.82) is 0 Å². The van der Waals surface area contributed by atoms with Gasteiger partial charge in [0, 0.05) is 0 Å². The number of aliphatic hydroxyl groups excluding tert-OH is 2. The van der Waals surface area contributed by atoms with Crippen LogP contribution in [0.4, 0.5) is 0 Å². The molecule has 0 heterocycles. The lowest BCUT2D eigenvalue weighted by Gasteiger charge is -2.10. The Morgan fingerprint density at radius 3 is 2.50 bits per heavy atom. The summed E-state index contributed by atoms with van der Waals surface area (Å²) in [5.74, 6) is 0. The number of allylic oxidation sites excluding steroid dienone is 1. The average molecular weight is 144 g/mol. The van der Waals surface area contributed by atoms with Crippen molar-refractivity contribution >= 4 is 0 Å². The Morgan fingerprint density at radius 2 is 2.10 bits per heavy atom. The maximum atomic E-state index is 9.14. The maximum Gasteiger partial charge on any atom is 0.0567 e. The molecule has 0 aromatic heterocycles. The summed E-state index contributed by atoms with van der Waals surface area (Å²) in [5, 5.41) is 18.0. The van der Waals surface area contributed by atoms with Crippen LogP contribution in [0.1, 0.15) is 26.2 Å². The number of rotatable bonds is 5. The van der Waals surface area contributed by atoms with Crippen molar-refractivity contribution in [3.05, 3.63) is 12.7 Å². The van der Waals surface area contributed by atoms with Gasteiger partial charge in [-0.3, -0.25) is 0 Å². The molecule has 0 bridgehead atoms. The molecule has 0 aliphatic rings. The summed E-state index contributed by atoms with van der Waals surface area (Å²) >= 11 is 0. The Morgan fingerprint density at radius 1 is 1.50 bits per heavy atom. The molecule has 0 spiro atoms. The quantitative estimate of drug-likeness (QED) is 0.567. The topological polar surface area (TPSA) is 40.5 Å². The van der Waals surface area contributed by atoms with E-state index in [1.54, 1.807) is 13.0 Å². The van der Waals surface area contributed by atoms with Gasteiger partial charge >= 0.3 is 0 Å². The highest BCUT2D eigenvalue weighted by Crippen LogP contribution is 2.04. The first-order chi connectivity index (χ1) is 4.66. The van der Waals surface area contributed by atoms with E-state index in [4.69, 9.17) is 10.2 Å². The molecule has 0 rings (SSSR count). The highest BCUT2D eigenvalue weighted by Gasteiger charge is 2.05. The van der Waals surface area contributed by atoms with Crippen molar-refractivity contribution in [2.45, 2.75) is 38.4 Å². The summed E-state index contributed by atoms with van der Waals surface area (Å²) in [7, 11) is 0. The van der Waals surface area contributed by atoms with Crippen LogP contribution in [0.15, 0.2) is 12.7 Å². The van der Waals surface area contributed by atoms with Crippen LogP contribution in [0, 0.1) is 0 Å². The lowest BCUT2D eigenvalue weighted by atomic mass is 10.1. The Kier molecular flexibility index (Phi) is 5.26. The van der Waals surface area contributed by atoms with E-state index in [0.717, 1.165) is 6.42 Å². The van der Waals surface area contributed by atoms with Crippen LogP contribution in [0.5, 0.6) is 0 Å². The molecule has 0 unspecified atom stereocenters. The van der Waals surface area contributed by atoms with E-state index in [0.29, 0.717) is 12.8 Å². The molecule has 2 nitrogen and oxygen atoms in total. The molecule has 0 fully saturated rings. The summed E-state index contributed by atoms with van der Waals surface area (Å²) in [6, 6.07) is 0. The van der Waals surface area contributed by atoms with Gasteiger partial charge in [-0.05, 0) is 26.2 Å². The van der Waals surface area contributed by atoms with Gasteiger partial charge in [0.15, 0.2) is 0 Å². The molecule has 2 atom stereocenters. The van der Waals surface area contributed by atoms with Crippen molar-refractivity contribution in [2.75, 3.05) is 0 Å². The van der Waals surface area contributed by atoms with Gasteiger partial charge in [0.05, 0.1) is 12.2 Å². The van der Waals surface area contributed by atoms with Gasteiger partial charge in [-0.1, -0.05) is 6.08 Å². The van der Waals surface area contributed by atoms with Gasteiger partial charge in [-0.15, -0.1) is 6.58 Å². The van der Waals surface area contributed by atoms with Crippen molar-refractivity contribution in [1.82, 2.24) is 0 Å². The minimum absolute atomic E-state index is 0.377. The normalized spacial score (nSPS) is 16.3. The van der Waals surface area contributed by atoms with Crippen LogP contribution in [0.2, 0.25) is 0 Å². The van der Waals surface area contributed by atoms with Crippen LogP contribution in [-0.4, -0.2) is 22.4 Å². The van der Waals surface area contributed by atoms with E-state index < -0.39 is 6.10 Å². The van der Waals surface area contributed by atoms with Gasteiger partial charge < -0.3 is 10.2 Å². The SMILES string of the molecule is C=CCC[C@@H](O)C[C@@H](C)O. The second-order valence-corrected chi connectivity index (χ2v) is 2.60. The first-order valence-corrected chi connectivity index (χ1v) is 3.63. The van der Waals surface area contributed by atoms with Crippen molar-refractivity contribution < 1.29 is 10.2 Å². The van der Waals surface area contributed by atoms with Gasteiger partial charge in [0.25, 0.3) is 0 Å². The van der Waals surface area contributed by atoms with Gasteiger partial charge in [-0.2, -0.15) is 0 Å². The highest BCUT2D eigenvalue weighted by atomic mass is 16.3. The zero-order valence-electron chi connectivity index (χ0n) is 6.45. The first kappa shape index (κ1) is 9.66. The summed E-state index contributed by atoms with van der Waals surface area (Å²) in [4.78, 5) is 0. The molecule has 10 heavy (non-hydrogen) atoms. The van der Waals surface area contributed by atoms with E-state index in [1.165, 1.54) is 0 Å². The summed E-state index contributed by atoms with van der Waals surface area (Å²) in [5.41, 5.74) is 0. The zero-order valence-corrected chi connectivity index (χ0v) is 6.45. The third kappa shape index (κ3) is 5.79. The van der Waals surface area contributed by atoms with E-state index in [2.05, 4.69) is 6.58 Å². The number of hydrogen-bond donors (Lipinski definition) is 2. The molecule has 0 saturated carbocycles.